The van der Waals surface area contributed by atoms with E-state index in [-0.39, 0.29) is 30.0 Å². The number of benzene rings is 2. The number of aromatic hydroxyl groups is 1. The number of rotatable bonds is 11. The van der Waals surface area contributed by atoms with E-state index in [2.05, 4.69) is 0 Å². The second kappa shape index (κ2) is 11.2. The lowest BCUT2D eigenvalue weighted by Crippen LogP contribution is -2.32. The number of methoxy groups -OCH3 is 1. The maximum absolute atomic E-state index is 13.1. The topological polar surface area (TPSA) is 124 Å². The van der Waals surface area contributed by atoms with Crippen molar-refractivity contribution in [3.8, 4) is 11.5 Å². The monoisotopic (exact) mass is 465 g/mol. The molecule has 0 fully saturated rings. The molecule has 0 radical (unpaired) electrons. The van der Waals surface area contributed by atoms with Crippen molar-refractivity contribution < 1.29 is 34.4 Å². The van der Waals surface area contributed by atoms with Crippen LogP contribution >= 0.6 is 0 Å². The number of ether oxygens (including phenoxy) is 1. The summed E-state index contributed by atoms with van der Waals surface area (Å²) in [6, 6.07) is 12.8. The lowest BCUT2D eigenvalue weighted by Gasteiger charge is -2.27. The van der Waals surface area contributed by atoms with Crippen LogP contribution in [0.5, 0.6) is 11.5 Å². The summed E-state index contributed by atoms with van der Waals surface area (Å²) >= 11 is 0. The summed E-state index contributed by atoms with van der Waals surface area (Å²) in [5, 5.41) is 29.5. The van der Waals surface area contributed by atoms with E-state index in [0.717, 1.165) is 5.56 Å². The summed E-state index contributed by atoms with van der Waals surface area (Å²) < 4.78 is 5.18. The van der Waals surface area contributed by atoms with Crippen LogP contribution in [0.25, 0.3) is 6.08 Å². The number of carboxylic acids is 1. The Morgan fingerprint density at radius 2 is 1.79 bits per heavy atom. The minimum atomic E-state index is -0.885. The van der Waals surface area contributed by atoms with Crippen LogP contribution in [0.2, 0.25) is 0 Å². The smallest absolute Gasteiger partial charge is 0.303 e. The van der Waals surface area contributed by atoms with Crippen LogP contribution in [-0.2, 0) is 14.4 Å². The van der Waals surface area contributed by atoms with Crippen molar-refractivity contribution in [1.29, 1.82) is 0 Å². The number of aliphatic hydroxyl groups excluding tert-OH is 1. The summed E-state index contributed by atoms with van der Waals surface area (Å²) in [6.45, 7) is 0.218. The SMILES string of the molecule is COc1cc([C@@H]2C(C(=O)C=Cc3ccccc3)=C(O)C(=O)N2CCCCCC(=O)O)ccc1O. The number of carboxylic acid groups (broad SMARTS) is 1. The number of hydrogen-bond acceptors (Lipinski definition) is 6. The highest BCUT2D eigenvalue weighted by molar-refractivity contribution is 6.14. The first-order valence-electron chi connectivity index (χ1n) is 10.9. The predicted octanol–water partition coefficient (Wildman–Crippen LogP) is 4.02. The summed E-state index contributed by atoms with van der Waals surface area (Å²) in [5.41, 5.74) is 1.22. The van der Waals surface area contributed by atoms with Gasteiger partial charge in [0.1, 0.15) is 0 Å². The van der Waals surface area contributed by atoms with Crippen molar-refractivity contribution in [3.05, 3.63) is 77.1 Å². The first kappa shape index (κ1) is 24.6. The Morgan fingerprint density at radius 1 is 1.06 bits per heavy atom. The molecule has 34 heavy (non-hydrogen) atoms. The van der Waals surface area contributed by atoms with Crippen molar-refractivity contribution in [2.45, 2.75) is 31.7 Å². The molecule has 3 rings (SSSR count). The van der Waals surface area contributed by atoms with E-state index in [4.69, 9.17) is 9.84 Å². The van der Waals surface area contributed by atoms with Gasteiger partial charge in [-0.1, -0.05) is 48.9 Å². The molecule has 0 aliphatic carbocycles. The molecule has 2 aromatic rings. The molecule has 0 bridgehead atoms. The van der Waals surface area contributed by atoms with E-state index in [9.17, 15) is 24.6 Å². The first-order chi connectivity index (χ1) is 16.3. The number of ketones is 1. The second-order valence-electron chi connectivity index (χ2n) is 7.91. The predicted molar refractivity (Wildman–Crippen MR) is 125 cm³/mol. The third-order valence-electron chi connectivity index (χ3n) is 5.61. The van der Waals surface area contributed by atoms with Crippen LogP contribution in [-0.4, -0.2) is 51.5 Å². The van der Waals surface area contributed by atoms with Gasteiger partial charge in [-0.05, 0) is 42.2 Å². The Hall–Kier alpha value is -4.07. The zero-order chi connectivity index (χ0) is 24.7. The zero-order valence-electron chi connectivity index (χ0n) is 18.8. The molecule has 178 valence electrons. The largest absolute Gasteiger partial charge is 0.504 e. The zero-order valence-corrected chi connectivity index (χ0v) is 18.8. The van der Waals surface area contributed by atoms with E-state index in [0.29, 0.717) is 24.8 Å². The van der Waals surface area contributed by atoms with Gasteiger partial charge in [-0.3, -0.25) is 14.4 Å². The molecule has 3 N–H and O–H groups in total. The number of aliphatic hydroxyl groups is 1. The fraction of sp³-hybridized carbons (Fsp3) is 0.269. The Morgan fingerprint density at radius 3 is 2.47 bits per heavy atom. The van der Waals surface area contributed by atoms with Gasteiger partial charge in [-0.2, -0.15) is 0 Å². The number of phenols is 1. The fourth-order valence-electron chi connectivity index (χ4n) is 3.91. The lowest BCUT2D eigenvalue weighted by atomic mass is 9.95. The lowest BCUT2D eigenvalue weighted by molar-refractivity contribution is -0.137. The minimum Gasteiger partial charge on any atom is -0.504 e. The van der Waals surface area contributed by atoms with Crippen LogP contribution in [0.3, 0.4) is 0 Å². The number of allylic oxidation sites excluding steroid dienone is 1. The average molecular weight is 466 g/mol. The van der Waals surface area contributed by atoms with Crippen molar-refractivity contribution >= 4 is 23.7 Å². The van der Waals surface area contributed by atoms with Crippen LogP contribution < -0.4 is 4.74 Å². The highest BCUT2D eigenvalue weighted by Crippen LogP contribution is 2.40. The van der Waals surface area contributed by atoms with E-state index in [1.54, 1.807) is 12.1 Å². The molecular formula is C26H27NO7. The molecule has 1 aliphatic rings. The Kier molecular flexibility index (Phi) is 8.08. The number of carbonyl (C=O) groups is 3. The normalized spacial score (nSPS) is 15.9. The van der Waals surface area contributed by atoms with Crippen LogP contribution in [0.1, 0.15) is 42.9 Å². The number of hydrogen-bond donors (Lipinski definition) is 3. The molecule has 8 nitrogen and oxygen atoms in total. The highest BCUT2D eigenvalue weighted by atomic mass is 16.5. The van der Waals surface area contributed by atoms with Crippen LogP contribution in [0, 0.1) is 0 Å². The third kappa shape index (κ3) is 5.64. The van der Waals surface area contributed by atoms with Crippen LogP contribution in [0.15, 0.2) is 65.9 Å². The molecule has 0 saturated carbocycles. The molecule has 0 unspecified atom stereocenters. The molecule has 0 saturated heterocycles. The minimum absolute atomic E-state index is 0.0318. The average Bonchev–Trinajstić information content (AvgIpc) is 3.08. The molecule has 2 aromatic carbocycles. The second-order valence-corrected chi connectivity index (χ2v) is 7.91. The highest BCUT2D eigenvalue weighted by Gasteiger charge is 2.42. The van der Waals surface area contributed by atoms with E-state index < -0.39 is 29.5 Å². The summed E-state index contributed by atoms with van der Waals surface area (Å²) in [7, 11) is 1.39. The number of unbranched alkanes of at least 4 members (excludes halogenated alkanes) is 2. The van der Waals surface area contributed by atoms with Gasteiger partial charge < -0.3 is 25.0 Å². The quantitative estimate of drug-likeness (QED) is 0.338. The van der Waals surface area contributed by atoms with Gasteiger partial charge in [0.2, 0.25) is 0 Å². The molecule has 0 spiro atoms. The summed E-state index contributed by atoms with van der Waals surface area (Å²) in [4.78, 5) is 38.2. The Bertz CT molecular complexity index is 1120. The van der Waals surface area contributed by atoms with E-state index in [1.165, 1.54) is 30.2 Å². The van der Waals surface area contributed by atoms with E-state index in [1.807, 2.05) is 30.3 Å². The number of nitrogens with zero attached hydrogens (tertiary/aromatic N) is 1. The van der Waals surface area contributed by atoms with Gasteiger partial charge in [0.15, 0.2) is 23.0 Å². The molecular weight excluding hydrogens is 438 g/mol. The van der Waals surface area contributed by atoms with Gasteiger partial charge in [0.05, 0.1) is 18.7 Å². The number of aliphatic carboxylic acids is 1. The first-order valence-corrected chi connectivity index (χ1v) is 10.9. The van der Waals surface area contributed by atoms with Gasteiger partial charge >= 0.3 is 5.97 Å². The third-order valence-corrected chi connectivity index (χ3v) is 5.61. The van der Waals surface area contributed by atoms with Gasteiger partial charge in [-0.15, -0.1) is 0 Å². The molecule has 8 heteroatoms. The van der Waals surface area contributed by atoms with Crippen molar-refractivity contribution in [2.24, 2.45) is 0 Å². The molecule has 1 heterocycles. The number of carbonyl (C=O) groups excluding carboxylic acids is 2. The van der Waals surface area contributed by atoms with Crippen molar-refractivity contribution in [3.63, 3.8) is 0 Å². The fourth-order valence-corrected chi connectivity index (χ4v) is 3.91. The van der Waals surface area contributed by atoms with Gasteiger partial charge in [0.25, 0.3) is 5.91 Å². The summed E-state index contributed by atoms with van der Waals surface area (Å²) in [6.07, 6.45) is 4.48. The molecule has 1 amide bonds. The van der Waals surface area contributed by atoms with E-state index >= 15 is 0 Å². The van der Waals surface area contributed by atoms with Crippen LogP contribution in [0.4, 0.5) is 0 Å². The standard InChI is InChI=1S/C26H27NO7/c1-34-21-16-18(12-14-19(21)28)24-23(20(29)13-11-17-8-4-2-5-9-17)25(32)26(33)27(24)15-7-3-6-10-22(30)31/h2,4-5,8-9,11-14,16,24,28,32H,3,6-7,10,15H2,1H3,(H,30,31)/t24-/m1/s1. The summed E-state index contributed by atoms with van der Waals surface area (Å²) in [5.74, 6) is -2.62. The molecule has 1 atom stereocenters. The molecule has 1 aliphatic heterocycles. The number of phenolic OH excluding ortho intramolecular Hbond substituents is 1. The Labute approximate surface area is 197 Å². The molecule has 0 aromatic heterocycles. The van der Waals surface area contributed by atoms with Gasteiger partial charge in [-0.25, -0.2) is 0 Å². The van der Waals surface area contributed by atoms with Gasteiger partial charge in [0, 0.05) is 13.0 Å². The maximum Gasteiger partial charge on any atom is 0.303 e. The Balaban J connectivity index is 1.91. The van der Waals surface area contributed by atoms with Crippen molar-refractivity contribution in [1.82, 2.24) is 4.90 Å². The maximum atomic E-state index is 13.1. The van der Waals surface area contributed by atoms with Crippen molar-refractivity contribution in [2.75, 3.05) is 13.7 Å². The number of amides is 1.